The van der Waals surface area contributed by atoms with Crippen LogP contribution in [0.1, 0.15) is 90.9 Å². The predicted molar refractivity (Wildman–Crippen MR) is 95.0 cm³/mol. The van der Waals surface area contributed by atoms with Crippen LogP contribution in [-0.2, 0) is 9.53 Å². The second-order valence-corrected chi connectivity index (χ2v) is 6.99. The topological polar surface area (TPSA) is 26.3 Å². The Morgan fingerprint density at radius 1 is 0.952 bits per heavy atom. The van der Waals surface area contributed by atoms with E-state index in [1.807, 2.05) is 0 Å². The molecule has 0 N–H and O–H groups in total. The average Bonchev–Trinajstić information content (AvgIpc) is 2.48. The Balaban J connectivity index is 3.34. The lowest BCUT2D eigenvalue weighted by Gasteiger charge is -2.12. The maximum atomic E-state index is 11.6. The van der Waals surface area contributed by atoms with Gasteiger partial charge >= 0.3 is 5.97 Å². The summed E-state index contributed by atoms with van der Waals surface area (Å²) in [6, 6.07) is 0. The zero-order chi connectivity index (χ0) is 15.8. The van der Waals surface area contributed by atoms with Gasteiger partial charge in [0, 0.05) is 11.8 Å². The number of carbonyl (C=O) groups is 1. The molecule has 0 bridgehead atoms. The van der Waals surface area contributed by atoms with E-state index in [0.717, 1.165) is 18.2 Å². The molecule has 0 aromatic heterocycles. The van der Waals surface area contributed by atoms with Crippen molar-refractivity contribution in [3.8, 4) is 0 Å². The van der Waals surface area contributed by atoms with Gasteiger partial charge in [0.05, 0.1) is 6.61 Å². The summed E-state index contributed by atoms with van der Waals surface area (Å²) in [5.41, 5.74) is 0. The number of hydrogen-bond acceptors (Lipinski definition) is 2. The monoisotopic (exact) mass is 362 g/mol. The van der Waals surface area contributed by atoms with Crippen molar-refractivity contribution in [2.24, 2.45) is 5.92 Å². The first-order valence-electron chi connectivity index (χ1n) is 8.92. The van der Waals surface area contributed by atoms with E-state index in [4.69, 9.17) is 4.74 Å². The van der Waals surface area contributed by atoms with Gasteiger partial charge in [-0.05, 0) is 25.2 Å². The summed E-state index contributed by atoms with van der Waals surface area (Å²) in [5, 5.41) is 1.09. The minimum absolute atomic E-state index is 0.00618. The molecule has 0 saturated heterocycles. The Labute approximate surface area is 140 Å². The van der Waals surface area contributed by atoms with Crippen LogP contribution < -0.4 is 0 Å². The average molecular weight is 363 g/mol. The van der Waals surface area contributed by atoms with Gasteiger partial charge in [-0.15, -0.1) is 0 Å². The van der Waals surface area contributed by atoms with Gasteiger partial charge in [0.2, 0.25) is 0 Å². The molecular weight excluding hydrogens is 328 g/mol. The second-order valence-electron chi connectivity index (χ2n) is 6.20. The number of carbonyl (C=O) groups excluding carboxylic acids is 1. The Morgan fingerprint density at radius 2 is 1.57 bits per heavy atom. The summed E-state index contributed by atoms with van der Waals surface area (Å²) in [6.07, 6.45) is 14.2. The minimum Gasteiger partial charge on any atom is -0.465 e. The van der Waals surface area contributed by atoms with Crippen molar-refractivity contribution in [2.45, 2.75) is 90.9 Å². The van der Waals surface area contributed by atoms with E-state index in [1.54, 1.807) is 0 Å². The summed E-state index contributed by atoms with van der Waals surface area (Å²) in [6.45, 7) is 5.04. The number of halogens is 1. The Morgan fingerprint density at radius 3 is 2.29 bits per heavy atom. The van der Waals surface area contributed by atoms with Crippen LogP contribution in [0.5, 0.6) is 0 Å². The summed E-state index contributed by atoms with van der Waals surface area (Å²) >= 11 is 3.43. The molecule has 0 rings (SSSR count). The lowest BCUT2D eigenvalue weighted by molar-refractivity contribution is -0.145. The summed E-state index contributed by atoms with van der Waals surface area (Å²) in [4.78, 5) is 11.6. The third-order valence-corrected chi connectivity index (χ3v) is 4.40. The van der Waals surface area contributed by atoms with Crippen molar-refractivity contribution in [3.05, 3.63) is 0 Å². The molecule has 0 heterocycles. The Bertz CT molecular complexity index is 231. The van der Waals surface area contributed by atoms with E-state index in [9.17, 15) is 4.79 Å². The maximum absolute atomic E-state index is 11.6. The fraction of sp³-hybridized carbons (Fsp3) is 0.944. The van der Waals surface area contributed by atoms with Crippen LogP contribution in [0.3, 0.4) is 0 Å². The SMILES string of the molecule is CCCCCCCC(C)COC(=O)CCCCCCCBr. The van der Waals surface area contributed by atoms with Gasteiger partial charge in [0.1, 0.15) is 0 Å². The molecule has 0 spiro atoms. The highest BCUT2D eigenvalue weighted by Crippen LogP contribution is 2.12. The smallest absolute Gasteiger partial charge is 0.305 e. The number of ether oxygens (including phenoxy) is 1. The van der Waals surface area contributed by atoms with Crippen LogP contribution in [0.15, 0.2) is 0 Å². The zero-order valence-corrected chi connectivity index (χ0v) is 15.8. The molecule has 1 atom stereocenters. The minimum atomic E-state index is -0.00618. The fourth-order valence-electron chi connectivity index (χ4n) is 2.38. The van der Waals surface area contributed by atoms with Crippen LogP contribution >= 0.6 is 15.9 Å². The number of esters is 1. The zero-order valence-electron chi connectivity index (χ0n) is 14.2. The lowest BCUT2D eigenvalue weighted by Crippen LogP contribution is -2.11. The fourth-order valence-corrected chi connectivity index (χ4v) is 2.78. The first-order chi connectivity index (χ1) is 10.2. The van der Waals surface area contributed by atoms with Gasteiger partial charge in [0.15, 0.2) is 0 Å². The maximum Gasteiger partial charge on any atom is 0.305 e. The third-order valence-electron chi connectivity index (χ3n) is 3.84. The molecule has 0 saturated carbocycles. The highest BCUT2D eigenvalue weighted by Gasteiger charge is 2.07. The van der Waals surface area contributed by atoms with Gasteiger partial charge in [-0.25, -0.2) is 0 Å². The first kappa shape index (κ1) is 20.9. The Kier molecular flexibility index (Phi) is 16.3. The van der Waals surface area contributed by atoms with Crippen molar-refractivity contribution in [3.63, 3.8) is 0 Å². The number of unbranched alkanes of at least 4 members (excludes halogenated alkanes) is 8. The van der Waals surface area contributed by atoms with Crippen molar-refractivity contribution in [2.75, 3.05) is 11.9 Å². The molecular formula is C18H35BrO2. The van der Waals surface area contributed by atoms with Crippen LogP contribution in [0.25, 0.3) is 0 Å². The molecule has 0 fully saturated rings. The number of hydrogen-bond donors (Lipinski definition) is 0. The van der Waals surface area contributed by atoms with E-state index in [1.165, 1.54) is 57.8 Å². The largest absolute Gasteiger partial charge is 0.465 e. The molecule has 2 nitrogen and oxygen atoms in total. The molecule has 126 valence electrons. The number of alkyl halides is 1. The Hall–Kier alpha value is -0.0500. The summed E-state index contributed by atoms with van der Waals surface area (Å²) in [5.74, 6) is 0.503. The first-order valence-corrected chi connectivity index (χ1v) is 10.0. The molecule has 0 amide bonds. The predicted octanol–water partition coefficient (Wildman–Crippen LogP) is 6.26. The highest BCUT2D eigenvalue weighted by molar-refractivity contribution is 9.09. The van der Waals surface area contributed by atoms with Crippen molar-refractivity contribution < 1.29 is 9.53 Å². The second kappa shape index (κ2) is 16.3. The van der Waals surface area contributed by atoms with Crippen LogP contribution in [0, 0.1) is 5.92 Å². The molecule has 21 heavy (non-hydrogen) atoms. The summed E-state index contributed by atoms with van der Waals surface area (Å²) < 4.78 is 5.36. The van der Waals surface area contributed by atoms with Crippen LogP contribution in [-0.4, -0.2) is 17.9 Å². The molecule has 3 heteroatoms. The molecule has 0 radical (unpaired) electrons. The quantitative estimate of drug-likeness (QED) is 0.195. The molecule has 0 aromatic rings. The van der Waals surface area contributed by atoms with E-state index in [0.29, 0.717) is 18.9 Å². The van der Waals surface area contributed by atoms with Crippen LogP contribution in [0.4, 0.5) is 0 Å². The van der Waals surface area contributed by atoms with Crippen molar-refractivity contribution in [1.29, 1.82) is 0 Å². The van der Waals surface area contributed by atoms with Crippen molar-refractivity contribution in [1.82, 2.24) is 0 Å². The highest BCUT2D eigenvalue weighted by atomic mass is 79.9. The normalized spacial score (nSPS) is 12.3. The van der Waals surface area contributed by atoms with E-state index in [2.05, 4.69) is 29.8 Å². The molecule has 0 aliphatic rings. The van der Waals surface area contributed by atoms with Gasteiger partial charge in [-0.1, -0.05) is 81.1 Å². The van der Waals surface area contributed by atoms with Crippen LogP contribution in [0.2, 0.25) is 0 Å². The molecule has 0 aromatic carbocycles. The van der Waals surface area contributed by atoms with Gasteiger partial charge in [-0.3, -0.25) is 4.79 Å². The van der Waals surface area contributed by atoms with Gasteiger partial charge in [0.25, 0.3) is 0 Å². The van der Waals surface area contributed by atoms with Crippen molar-refractivity contribution >= 4 is 21.9 Å². The van der Waals surface area contributed by atoms with Gasteiger partial charge < -0.3 is 4.74 Å². The van der Waals surface area contributed by atoms with Gasteiger partial charge in [-0.2, -0.15) is 0 Å². The lowest BCUT2D eigenvalue weighted by atomic mass is 10.0. The molecule has 1 unspecified atom stereocenters. The third kappa shape index (κ3) is 16.2. The molecule has 0 aliphatic carbocycles. The number of rotatable bonds is 15. The van der Waals surface area contributed by atoms with E-state index >= 15 is 0 Å². The summed E-state index contributed by atoms with van der Waals surface area (Å²) in [7, 11) is 0. The molecule has 0 aliphatic heterocycles. The standard InChI is InChI=1S/C18H35BrO2/c1-3-4-5-7-10-13-17(2)16-21-18(20)14-11-8-6-9-12-15-19/h17H,3-16H2,1-2H3. The van der Waals surface area contributed by atoms with E-state index in [-0.39, 0.29) is 5.97 Å². The van der Waals surface area contributed by atoms with E-state index < -0.39 is 0 Å².